The zero-order chi connectivity index (χ0) is 16.8. The predicted molar refractivity (Wildman–Crippen MR) is 89.5 cm³/mol. The van der Waals surface area contributed by atoms with E-state index in [1.165, 1.54) is 11.1 Å². The van der Waals surface area contributed by atoms with Crippen LogP contribution in [-0.4, -0.2) is 18.4 Å². The van der Waals surface area contributed by atoms with Crippen molar-refractivity contribution in [2.24, 2.45) is 5.41 Å². The van der Waals surface area contributed by atoms with Gasteiger partial charge < -0.3 is 10.6 Å². The van der Waals surface area contributed by atoms with Gasteiger partial charge in [-0.3, -0.25) is 9.59 Å². The van der Waals surface area contributed by atoms with E-state index in [-0.39, 0.29) is 17.2 Å². The van der Waals surface area contributed by atoms with Crippen molar-refractivity contribution in [2.75, 3.05) is 6.54 Å². The highest BCUT2D eigenvalue weighted by atomic mass is 16.2. The second-order valence-corrected chi connectivity index (χ2v) is 6.82. The molecule has 1 rings (SSSR count). The van der Waals surface area contributed by atoms with Crippen LogP contribution < -0.4 is 10.6 Å². The van der Waals surface area contributed by atoms with Crippen molar-refractivity contribution >= 4 is 11.8 Å². The number of benzene rings is 1. The van der Waals surface area contributed by atoms with Gasteiger partial charge in [0.25, 0.3) is 0 Å². The van der Waals surface area contributed by atoms with Gasteiger partial charge >= 0.3 is 0 Å². The van der Waals surface area contributed by atoms with E-state index in [0.29, 0.717) is 25.9 Å². The molecule has 0 unspecified atom stereocenters. The Balaban J connectivity index is 2.25. The summed E-state index contributed by atoms with van der Waals surface area (Å²) in [6.07, 6.45) is 1.08. The highest BCUT2D eigenvalue weighted by molar-refractivity contribution is 5.81. The van der Waals surface area contributed by atoms with E-state index in [4.69, 9.17) is 0 Å². The van der Waals surface area contributed by atoms with Crippen molar-refractivity contribution in [1.29, 1.82) is 0 Å². The van der Waals surface area contributed by atoms with E-state index in [9.17, 15) is 9.59 Å². The standard InChI is InChI=1S/C18H28N2O2/c1-13-8-9-15(14(2)11-13)12-20-16(21)7-6-10-19-17(22)18(3,4)5/h8-9,11H,6-7,10,12H2,1-5H3,(H,19,22)(H,20,21). The van der Waals surface area contributed by atoms with Crippen molar-refractivity contribution in [3.63, 3.8) is 0 Å². The van der Waals surface area contributed by atoms with E-state index < -0.39 is 0 Å². The molecule has 0 bridgehead atoms. The van der Waals surface area contributed by atoms with Crippen LogP contribution in [0.5, 0.6) is 0 Å². The smallest absolute Gasteiger partial charge is 0.225 e. The highest BCUT2D eigenvalue weighted by Crippen LogP contribution is 2.12. The van der Waals surface area contributed by atoms with Gasteiger partial charge in [0.1, 0.15) is 0 Å². The molecule has 0 atom stereocenters. The monoisotopic (exact) mass is 304 g/mol. The fraction of sp³-hybridized carbons (Fsp3) is 0.556. The summed E-state index contributed by atoms with van der Waals surface area (Å²) in [6.45, 7) is 10.8. The van der Waals surface area contributed by atoms with Gasteiger partial charge in [-0.15, -0.1) is 0 Å². The van der Waals surface area contributed by atoms with Crippen LogP contribution in [0.3, 0.4) is 0 Å². The minimum atomic E-state index is -0.384. The Hall–Kier alpha value is -1.84. The van der Waals surface area contributed by atoms with Crippen LogP contribution in [0.2, 0.25) is 0 Å². The zero-order valence-corrected chi connectivity index (χ0v) is 14.4. The molecule has 4 heteroatoms. The first-order chi connectivity index (χ1) is 10.2. The topological polar surface area (TPSA) is 58.2 Å². The lowest BCUT2D eigenvalue weighted by atomic mass is 9.96. The first-order valence-electron chi connectivity index (χ1n) is 7.81. The van der Waals surface area contributed by atoms with Crippen molar-refractivity contribution in [3.05, 3.63) is 34.9 Å². The third kappa shape index (κ3) is 6.29. The SMILES string of the molecule is Cc1ccc(CNC(=O)CCCNC(=O)C(C)(C)C)c(C)c1. The Morgan fingerprint density at radius 1 is 1.09 bits per heavy atom. The number of hydrogen-bond donors (Lipinski definition) is 2. The molecule has 122 valence electrons. The van der Waals surface area contributed by atoms with E-state index in [2.05, 4.69) is 42.7 Å². The second-order valence-electron chi connectivity index (χ2n) is 6.82. The molecule has 0 saturated carbocycles. The summed E-state index contributed by atoms with van der Waals surface area (Å²) in [4.78, 5) is 23.5. The van der Waals surface area contributed by atoms with E-state index >= 15 is 0 Å². The zero-order valence-electron chi connectivity index (χ0n) is 14.4. The van der Waals surface area contributed by atoms with Crippen molar-refractivity contribution < 1.29 is 9.59 Å². The minimum absolute atomic E-state index is 0.0168. The van der Waals surface area contributed by atoms with Crippen LogP contribution in [0.4, 0.5) is 0 Å². The molecule has 0 fully saturated rings. The lowest BCUT2D eigenvalue weighted by molar-refractivity contribution is -0.128. The molecule has 0 aliphatic heterocycles. The third-order valence-corrected chi connectivity index (χ3v) is 3.52. The van der Waals surface area contributed by atoms with E-state index in [1.54, 1.807) is 0 Å². The van der Waals surface area contributed by atoms with Crippen LogP contribution in [-0.2, 0) is 16.1 Å². The molecule has 0 spiro atoms. The lowest BCUT2D eigenvalue weighted by Gasteiger charge is -2.17. The fourth-order valence-electron chi connectivity index (χ4n) is 2.04. The van der Waals surface area contributed by atoms with Crippen LogP contribution in [0.1, 0.15) is 50.3 Å². The maximum Gasteiger partial charge on any atom is 0.225 e. The number of aryl methyl sites for hydroxylation is 2. The molecule has 0 radical (unpaired) electrons. The predicted octanol–water partition coefficient (Wildman–Crippen LogP) is 2.86. The molecule has 0 aliphatic carbocycles. The summed E-state index contributed by atoms with van der Waals surface area (Å²) in [7, 11) is 0. The second kappa shape index (κ2) is 7.97. The van der Waals surface area contributed by atoms with Crippen molar-refractivity contribution in [3.8, 4) is 0 Å². The molecular formula is C18H28N2O2. The van der Waals surface area contributed by atoms with Gasteiger partial charge in [-0.2, -0.15) is 0 Å². The number of hydrogen-bond acceptors (Lipinski definition) is 2. The molecule has 0 aromatic heterocycles. The number of amides is 2. The van der Waals surface area contributed by atoms with Crippen LogP contribution in [0, 0.1) is 19.3 Å². The molecule has 1 aromatic rings. The summed E-state index contributed by atoms with van der Waals surface area (Å²) >= 11 is 0. The van der Waals surface area contributed by atoms with Gasteiger partial charge in [0.2, 0.25) is 11.8 Å². The van der Waals surface area contributed by atoms with Gasteiger partial charge in [0, 0.05) is 24.9 Å². The van der Waals surface area contributed by atoms with Gasteiger partial charge in [0.15, 0.2) is 0 Å². The number of nitrogens with one attached hydrogen (secondary N) is 2. The Labute approximate surface area is 133 Å². The van der Waals surface area contributed by atoms with Crippen LogP contribution >= 0.6 is 0 Å². The molecule has 2 N–H and O–H groups in total. The summed E-state index contributed by atoms with van der Waals surface area (Å²) in [6, 6.07) is 6.22. The fourth-order valence-corrected chi connectivity index (χ4v) is 2.04. The average molecular weight is 304 g/mol. The summed E-state index contributed by atoms with van der Waals surface area (Å²) in [5.74, 6) is 0.0353. The largest absolute Gasteiger partial charge is 0.356 e. The quantitative estimate of drug-likeness (QED) is 0.794. The van der Waals surface area contributed by atoms with Crippen molar-refractivity contribution in [1.82, 2.24) is 10.6 Å². The van der Waals surface area contributed by atoms with E-state index in [1.807, 2.05) is 20.8 Å². The molecule has 1 aromatic carbocycles. The van der Waals surface area contributed by atoms with Crippen LogP contribution in [0.15, 0.2) is 18.2 Å². The number of carbonyl (C=O) groups is 2. The van der Waals surface area contributed by atoms with Crippen LogP contribution in [0.25, 0.3) is 0 Å². The Morgan fingerprint density at radius 2 is 1.77 bits per heavy atom. The summed E-state index contributed by atoms with van der Waals surface area (Å²) < 4.78 is 0. The maximum absolute atomic E-state index is 11.8. The molecule has 4 nitrogen and oxygen atoms in total. The molecule has 0 aliphatic rings. The average Bonchev–Trinajstić information content (AvgIpc) is 2.41. The van der Waals surface area contributed by atoms with Gasteiger partial charge in [0.05, 0.1) is 0 Å². The first kappa shape index (κ1) is 18.2. The molecule has 2 amide bonds. The Morgan fingerprint density at radius 3 is 2.36 bits per heavy atom. The maximum atomic E-state index is 11.8. The normalized spacial score (nSPS) is 11.1. The van der Waals surface area contributed by atoms with Gasteiger partial charge in [-0.05, 0) is 31.4 Å². The third-order valence-electron chi connectivity index (χ3n) is 3.52. The highest BCUT2D eigenvalue weighted by Gasteiger charge is 2.20. The minimum Gasteiger partial charge on any atom is -0.356 e. The molecule has 22 heavy (non-hydrogen) atoms. The summed E-state index contributed by atoms with van der Waals surface area (Å²) in [5, 5.41) is 5.77. The molecule has 0 heterocycles. The Bertz CT molecular complexity index is 530. The molecular weight excluding hydrogens is 276 g/mol. The number of rotatable bonds is 6. The Kier molecular flexibility index (Phi) is 6.60. The summed E-state index contributed by atoms with van der Waals surface area (Å²) in [5.41, 5.74) is 3.17. The van der Waals surface area contributed by atoms with Gasteiger partial charge in [-0.25, -0.2) is 0 Å². The number of carbonyl (C=O) groups excluding carboxylic acids is 2. The first-order valence-corrected chi connectivity index (χ1v) is 7.81. The van der Waals surface area contributed by atoms with Gasteiger partial charge in [-0.1, -0.05) is 44.5 Å². The van der Waals surface area contributed by atoms with E-state index in [0.717, 1.165) is 5.56 Å². The lowest BCUT2D eigenvalue weighted by Crippen LogP contribution is -2.35. The van der Waals surface area contributed by atoms with Crippen molar-refractivity contribution in [2.45, 2.75) is 54.0 Å². The molecule has 0 saturated heterocycles.